The standard InChI is InChI=1S/C10H14ClN5O2/c11-8-4-2-1-3-7(8)9(18-10(13)17)5-16(14)15-6-12/h1-4,6,9H,5,14H2,(H2,12,15)(H2,13,17). The van der Waals surface area contributed by atoms with E-state index in [0.29, 0.717) is 10.6 Å². The van der Waals surface area contributed by atoms with Gasteiger partial charge < -0.3 is 16.2 Å². The van der Waals surface area contributed by atoms with Crippen molar-refractivity contribution in [1.82, 2.24) is 5.12 Å². The maximum absolute atomic E-state index is 10.9. The predicted molar refractivity (Wildman–Crippen MR) is 68.4 cm³/mol. The van der Waals surface area contributed by atoms with Gasteiger partial charge in [-0.25, -0.2) is 15.8 Å². The van der Waals surface area contributed by atoms with Gasteiger partial charge in [0.1, 0.15) is 6.34 Å². The molecule has 6 N–H and O–H groups in total. The number of ether oxygens (including phenoxy) is 1. The molecule has 0 aromatic heterocycles. The number of hydrogen-bond acceptors (Lipinski definition) is 5. The second kappa shape index (κ2) is 6.67. The molecule has 1 aromatic rings. The van der Waals surface area contributed by atoms with E-state index in [9.17, 15) is 4.79 Å². The molecule has 8 heteroatoms. The summed E-state index contributed by atoms with van der Waals surface area (Å²) in [4.78, 5) is 10.9. The summed E-state index contributed by atoms with van der Waals surface area (Å²) < 4.78 is 4.95. The summed E-state index contributed by atoms with van der Waals surface area (Å²) in [5, 5.41) is 5.08. The second-order valence-corrected chi connectivity index (χ2v) is 3.74. The first-order valence-corrected chi connectivity index (χ1v) is 5.39. The molecular formula is C10H14ClN5O2. The zero-order valence-corrected chi connectivity index (χ0v) is 10.2. The smallest absolute Gasteiger partial charge is 0.405 e. The minimum atomic E-state index is -0.926. The Kier molecular flexibility index (Phi) is 5.22. The highest BCUT2D eigenvalue weighted by Gasteiger charge is 2.19. The van der Waals surface area contributed by atoms with Crippen molar-refractivity contribution >= 4 is 24.0 Å². The molecule has 18 heavy (non-hydrogen) atoms. The summed E-state index contributed by atoms with van der Waals surface area (Å²) in [6, 6.07) is 6.88. The lowest BCUT2D eigenvalue weighted by molar-refractivity contribution is 0.0772. The maximum Gasteiger partial charge on any atom is 0.405 e. The number of nitrogens with two attached hydrogens (primary N) is 3. The minimum Gasteiger partial charge on any atom is -0.439 e. The van der Waals surface area contributed by atoms with Crippen molar-refractivity contribution in [2.24, 2.45) is 22.4 Å². The van der Waals surface area contributed by atoms with E-state index in [0.717, 1.165) is 11.5 Å². The first-order valence-electron chi connectivity index (χ1n) is 5.01. The number of rotatable bonds is 5. The van der Waals surface area contributed by atoms with Crippen LogP contribution in [0.5, 0.6) is 0 Å². The Balaban J connectivity index is 2.91. The van der Waals surface area contributed by atoms with Gasteiger partial charge in [0, 0.05) is 10.6 Å². The van der Waals surface area contributed by atoms with E-state index in [1.165, 1.54) is 0 Å². The molecule has 98 valence electrons. The van der Waals surface area contributed by atoms with Crippen LogP contribution in [0, 0.1) is 0 Å². The molecule has 1 rings (SSSR count). The van der Waals surface area contributed by atoms with Crippen LogP contribution in [0.3, 0.4) is 0 Å². The number of primary amides is 1. The Hall–Kier alpha value is -1.99. The first-order chi connectivity index (χ1) is 8.54. The van der Waals surface area contributed by atoms with Gasteiger partial charge in [-0.1, -0.05) is 29.8 Å². The molecule has 0 radical (unpaired) electrons. The second-order valence-electron chi connectivity index (χ2n) is 3.33. The van der Waals surface area contributed by atoms with Crippen LogP contribution in [0.25, 0.3) is 0 Å². The van der Waals surface area contributed by atoms with Crippen LogP contribution in [0.2, 0.25) is 5.02 Å². The van der Waals surface area contributed by atoms with Gasteiger partial charge in [0.2, 0.25) is 0 Å². The van der Waals surface area contributed by atoms with Crippen molar-refractivity contribution in [2.45, 2.75) is 6.10 Å². The van der Waals surface area contributed by atoms with E-state index < -0.39 is 12.2 Å². The van der Waals surface area contributed by atoms with Crippen molar-refractivity contribution in [3.63, 3.8) is 0 Å². The van der Waals surface area contributed by atoms with Crippen molar-refractivity contribution in [3.8, 4) is 0 Å². The first kappa shape index (κ1) is 14.1. The number of hydrazine groups is 1. The highest BCUT2D eigenvalue weighted by Crippen LogP contribution is 2.25. The van der Waals surface area contributed by atoms with Crippen LogP contribution in [0.4, 0.5) is 4.79 Å². The lowest BCUT2D eigenvalue weighted by Crippen LogP contribution is -2.33. The summed E-state index contributed by atoms with van der Waals surface area (Å²) in [5.74, 6) is 5.53. The molecule has 0 aliphatic rings. The van der Waals surface area contributed by atoms with Gasteiger partial charge in [-0.3, -0.25) is 0 Å². The third kappa shape index (κ3) is 4.11. The monoisotopic (exact) mass is 271 g/mol. The fourth-order valence-corrected chi connectivity index (χ4v) is 1.64. The number of amides is 1. The molecule has 0 aliphatic heterocycles. The lowest BCUT2D eigenvalue weighted by atomic mass is 10.1. The molecule has 0 bridgehead atoms. The van der Waals surface area contributed by atoms with Crippen LogP contribution >= 0.6 is 11.6 Å². The average Bonchev–Trinajstić information content (AvgIpc) is 2.28. The molecule has 1 aromatic carbocycles. The molecule has 7 nitrogen and oxygen atoms in total. The largest absolute Gasteiger partial charge is 0.439 e. The lowest BCUT2D eigenvalue weighted by Gasteiger charge is -2.21. The van der Waals surface area contributed by atoms with E-state index in [-0.39, 0.29) is 6.54 Å². The number of halogens is 1. The van der Waals surface area contributed by atoms with Crippen LogP contribution in [0.15, 0.2) is 29.4 Å². The molecule has 0 saturated carbocycles. The topological polar surface area (TPSA) is 120 Å². The molecule has 0 aliphatic carbocycles. The van der Waals surface area contributed by atoms with Crippen molar-refractivity contribution in [3.05, 3.63) is 34.9 Å². The summed E-state index contributed by atoms with van der Waals surface area (Å²) in [7, 11) is 0. The summed E-state index contributed by atoms with van der Waals surface area (Å²) >= 11 is 6.01. The molecule has 0 spiro atoms. The zero-order valence-electron chi connectivity index (χ0n) is 9.49. The van der Waals surface area contributed by atoms with Crippen molar-refractivity contribution in [1.29, 1.82) is 0 Å². The van der Waals surface area contributed by atoms with Crippen LogP contribution in [-0.2, 0) is 4.74 Å². The van der Waals surface area contributed by atoms with Crippen LogP contribution in [0.1, 0.15) is 11.7 Å². The Morgan fingerprint density at radius 1 is 1.56 bits per heavy atom. The predicted octanol–water partition coefficient (Wildman–Crippen LogP) is 0.554. The quantitative estimate of drug-likeness (QED) is 0.313. The number of hydrazone groups is 1. The zero-order chi connectivity index (χ0) is 13.5. The molecule has 1 atom stereocenters. The van der Waals surface area contributed by atoms with E-state index in [1.807, 2.05) is 0 Å². The van der Waals surface area contributed by atoms with Gasteiger partial charge >= 0.3 is 6.09 Å². The van der Waals surface area contributed by atoms with Crippen molar-refractivity contribution < 1.29 is 9.53 Å². The highest BCUT2D eigenvalue weighted by molar-refractivity contribution is 6.31. The maximum atomic E-state index is 10.9. The summed E-state index contributed by atoms with van der Waals surface area (Å²) in [6.45, 7) is 0.0698. The van der Waals surface area contributed by atoms with Gasteiger partial charge in [0.15, 0.2) is 6.10 Å². The molecular weight excluding hydrogens is 258 g/mol. The van der Waals surface area contributed by atoms with Gasteiger partial charge in [0.05, 0.1) is 6.54 Å². The van der Waals surface area contributed by atoms with Gasteiger partial charge in [-0.05, 0) is 6.07 Å². The number of nitrogens with zero attached hydrogens (tertiary/aromatic N) is 2. The summed E-state index contributed by atoms with van der Waals surface area (Å²) in [6.07, 6.45) is -0.636. The van der Waals surface area contributed by atoms with Gasteiger partial charge in [-0.2, -0.15) is 5.10 Å². The van der Waals surface area contributed by atoms with E-state index in [2.05, 4.69) is 5.10 Å². The fourth-order valence-electron chi connectivity index (χ4n) is 1.38. The number of hydrogen-bond donors (Lipinski definition) is 3. The Morgan fingerprint density at radius 3 is 2.78 bits per heavy atom. The average molecular weight is 272 g/mol. The van der Waals surface area contributed by atoms with E-state index in [4.69, 9.17) is 33.6 Å². The Morgan fingerprint density at radius 2 is 2.22 bits per heavy atom. The normalized spacial score (nSPS) is 12.3. The number of carbonyl (C=O) groups is 1. The molecule has 1 unspecified atom stereocenters. The number of benzene rings is 1. The van der Waals surface area contributed by atoms with E-state index >= 15 is 0 Å². The molecule has 0 saturated heterocycles. The van der Waals surface area contributed by atoms with Crippen LogP contribution in [-0.4, -0.2) is 24.1 Å². The third-order valence-electron chi connectivity index (χ3n) is 2.08. The third-order valence-corrected chi connectivity index (χ3v) is 2.42. The van der Waals surface area contributed by atoms with Crippen molar-refractivity contribution in [2.75, 3.05) is 6.54 Å². The molecule has 1 amide bonds. The summed E-state index contributed by atoms with van der Waals surface area (Å²) in [5.41, 5.74) is 10.7. The Labute approximate surface area is 109 Å². The molecule has 0 heterocycles. The molecule has 0 fully saturated rings. The highest BCUT2D eigenvalue weighted by atomic mass is 35.5. The minimum absolute atomic E-state index is 0.0698. The fraction of sp³-hybridized carbons (Fsp3) is 0.200. The van der Waals surface area contributed by atoms with E-state index in [1.54, 1.807) is 24.3 Å². The Bertz CT molecular complexity index is 440. The number of carbonyl (C=O) groups excluding carboxylic acids is 1. The van der Waals surface area contributed by atoms with Gasteiger partial charge in [0.25, 0.3) is 0 Å². The van der Waals surface area contributed by atoms with Gasteiger partial charge in [-0.15, -0.1) is 0 Å². The SMILES string of the molecule is N/C=N\N(N)CC(OC(N)=O)c1ccccc1Cl. The van der Waals surface area contributed by atoms with Crippen LogP contribution < -0.4 is 17.3 Å².